The highest BCUT2D eigenvalue weighted by Crippen LogP contribution is 1.97. The SMILES string of the molecule is CCCC(=O)On1cncc1CO. The summed E-state index contributed by atoms with van der Waals surface area (Å²) >= 11 is 0. The van der Waals surface area contributed by atoms with Crippen LogP contribution in [0.5, 0.6) is 0 Å². The molecule has 5 nitrogen and oxygen atoms in total. The van der Waals surface area contributed by atoms with Gasteiger partial charge in [0.1, 0.15) is 12.0 Å². The van der Waals surface area contributed by atoms with Crippen LogP contribution in [0.4, 0.5) is 0 Å². The zero-order valence-corrected chi connectivity index (χ0v) is 7.43. The van der Waals surface area contributed by atoms with E-state index in [1.54, 1.807) is 0 Å². The fourth-order valence-electron chi connectivity index (χ4n) is 0.863. The molecule has 1 rings (SSSR count). The molecule has 13 heavy (non-hydrogen) atoms. The van der Waals surface area contributed by atoms with Gasteiger partial charge < -0.3 is 9.94 Å². The van der Waals surface area contributed by atoms with Gasteiger partial charge in [-0.3, -0.25) is 0 Å². The number of hydrogen-bond acceptors (Lipinski definition) is 4. The third-order valence-corrected chi connectivity index (χ3v) is 1.49. The first-order valence-corrected chi connectivity index (χ1v) is 4.11. The monoisotopic (exact) mass is 184 g/mol. The van der Waals surface area contributed by atoms with Crippen molar-refractivity contribution >= 4 is 5.97 Å². The maximum absolute atomic E-state index is 11.0. The Morgan fingerprint density at radius 2 is 2.54 bits per heavy atom. The van der Waals surface area contributed by atoms with Gasteiger partial charge in [-0.05, 0) is 6.42 Å². The fraction of sp³-hybridized carbons (Fsp3) is 0.500. The average Bonchev–Trinajstić information content (AvgIpc) is 2.52. The number of aromatic nitrogens is 2. The fourth-order valence-corrected chi connectivity index (χ4v) is 0.863. The summed E-state index contributed by atoms with van der Waals surface area (Å²) in [5, 5.41) is 8.80. The van der Waals surface area contributed by atoms with E-state index in [4.69, 9.17) is 9.94 Å². The molecule has 72 valence electrons. The summed E-state index contributed by atoms with van der Waals surface area (Å²) in [6.07, 6.45) is 3.89. The molecule has 1 aromatic heterocycles. The highest BCUT2D eigenvalue weighted by molar-refractivity contribution is 5.69. The first-order valence-electron chi connectivity index (χ1n) is 4.11. The standard InChI is InChI=1S/C8H12N2O3/c1-2-3-8(12)13-10-6-9-4-7(10)5-11/h4,6,11H,2-3,5H2,1H3. The van der Waals surface area contributed by atoms with Gasteiger partial charge in [0.05, 0.1) is 12.8 Å². The Balaban J connectivity index is 2.57. The molecule has 0 bridgehead atoms. The smallest absolute Gasteiger partial charge is 0.332 e. The molecule has 1 N–H and O–H groups in total. The summed E-state index contributed by atoms with van der Waals surface area (Å²) in [6, 6.07) is 0. The molecule has 5 heteroatoms. The van der Waals surface area contributed by atoms with Gasteiger partial charge in [0, 0.05) is 6.42 Å². The quantitative estimate of drug-likeness (QED) is 0.722. The second-order valence-corrected chi connectivity index (χ2v) is 2.58. The van der Waals surface area contributed by atoms with Crippen LogP contribution in [0, 0.1) is 0 Å². The summed E-state index contributed by atoms with van der Waals surface area (Å²) in [5.74, 6) is -0.324. The Morgan fingerprint density at radius 1 is 1.77 bits per heavy atom. The number of rotatable bonds is 4. The number of imidazole rings is 1. The van der Waals surface area contributed by atoms with E-state index in [-0.39, 0.29) is 12.6 Å². The van der Waals surface area contributed by atoms with Crippen molar-refractivity contribution in [2.24, 2.45) is 0 Å². The molecule has 0 saturated carbocycles. The molecule has 0 radical (unpaired) electrons. The van der Waals surface area contributed by atoms with Gasteiger partial charge in [0.2, 0.25) is 0 Å². The lowest BCUT2D eigenvalue weighted by Gasteiger charge is -2.04. The first kappa shape index (κ1) is 9.73. The maximum atomic E-state index is 11.0. The third kappa shape index (κ3) is 2.55. The van der Waals surface area contributed by atoms with E-state index >= 15 is 0 Å². The number of nitrogens with zero attached hydrogens (tertiary/aromatic N) is 2. The molecular formula is C8H12N2O3. The van der Waals surface area contributed by atoms with Crippen molar-refractivity contribution in [1.29, 1.82) is 0 Å². The van der Waals surface area contributed by atoms with E-state index in [0.29, 0.717) is 12.1 Å². The van der Waals surface area contributed by atoms with E-state index in [9.17, 15) is 4.79 Å². The molecule has 1 heterocycles. The van der Waals surface area contributed by atoms with Crippen molar-refractivity contribution in [1.82, 2.24) is 9.71 Å². The molecule has 0 unspecified atom stereocenters. The van der Waals surface area contributed by atoms with Gasteiger partial charge in [0.15, 0.2) is 0 Å². The van der Waals surface area contributed by atoms with Gasteiger partial charge in [-0.15, -0.1) is 0 Å². The number of carbonyl (C=O) groups excluding carboxylic acids is 1. The molecule has 0 saturated heterocycles. The number of aliphatic hydroxyl groups is 1. The van der Waals surface area contributed by atoms with E-state index in [2.05, 4.69) is 4.98 Å². The average molecular weight is 184 g/mol. The Morgan fingerprint density at radius 3 is 3.15 bits per heavy atom. The number of hydrogen-bond donors (Lipinski definition) is 1. The molecule has 1 aromatic rings. The molecule has 0 aliphatic heterocycles. The normalized spacial score (nSPS) is 10.0. The largest absolute Gasteiger partial charge is 0.390 e. The summed E-state index contributed by atoms with van der Waals surface area (Å²) < 4.78 is 1.18. The Kier molecular flexibility index (Phi) is 3.45. The van der Waals surface area contributed by atoms with Crippen LogP contribution in [0.3, 0.4) is 0 Å². The molecule has 0 aromatic carbocycles. The van der Waals surface area contributed by atoms with Crippen LogP contribution in [0.1, 0.15) is 25.5 Å². The van der Waals surface area contributed by atoms with Gasteiger partial charge in [-0.1, -0.05) is 6.92 Å². The van der Waals surface area contributed by atoms with Crippen molar-refractivity contribution in [3.63, 3.8) is 0 Å². The number of carbonyl (C=O) groups is 1. The van der Waals surface area contributed by atoms with Gasteiger partial charge >= 0.3 is 5.97 Å². The maximum Gasteiger partial charge on any atom is 0.332 e. The van der Waals surface area contributed by atoms with Crippen LogP contribution in [0.25, 0.3) is 0 Å². The van der Waals surface area contributed by atoms with E-state index in [0.717, 1.165) is 6.42 Å². The van der Waals surface area contributed by atoms with E-state index in [1.165, 1.54) is 17.3 Å². The highest BCUT2D eigenvalue weighted by atomic mass is 16.7. The van der Waals surface area contributed by atoms with Gasteiger partial charge in [-0.2, -0.15) is 4.73 Å². The molecule has 0 spiro atoms. The minimum absolute atomic E-state index is 0.195. The topological polar surface area (TPSA) is 64.4 Å². The lowest BCUT2D eigenvalue weighted by molar-refractivity contribution is -0.144. The summed E-state index contributed by atoms with van der Waals surface area (Å²) in [4.78, 5) is 19.6. The Hall–Kier alpha value is -1.36. The van der Waals surface area contributed by atoms with Gasteiger partial charge in [-0.25, -0.2) is 9.78 Å². The van der Waals surface area contributed by atoms with Crippen LogP contribution in [0.15, 0.2) is 12.5 Å². The molecule has 0 aliphatic carbocycles. The van der Waals surface area contributed by atoms with Crippen molar-refractivity contribution in [2.75, 3.05) is 0 Å². The van der Waals surface area contributed by atoms with Crippen molar-refractivity contribution in [3.05, 3.63) is 18.2 Å². The van der Waals surface area contributed by atoms with Crippen molar-refractivity contribution in [2.45, 2.75) is 26.4 Å². The Bertz CT molecular complexity index is 283. The lowest BCUT2D eigenvalue weighted by Crippen LogP contribution is -2.20. The van der Waals surface area contributed by atoms with Crippen LogP contribution >= 0.6 is 0 Å². The minimum atomic E-state index is -0.324. The predicted octanol–water partition coefficient (Wildman–Crippen LogP) is 0.131. The van der Waals surface area contributed by atoms with Crippen molar-refractivity contribution in [3.8, 4) is 0 Å². The third-order valence-electron chi connectivity index (χ3n) is 1.49. The predicted molar refractivity (Wildman–Crippen MR) is 44.6 cm³/mol. The summed E-state index contributed by atoms with van der Waals surface area (Å²) in [6.45, 7) is 1.70. The zero-order valence-electron chi connectivity index (χ0n) is 7.43. The lowest BCUT2D eigenvalue weighted by atomic mass is 10.3. The molecule has 0 atom stereocenters. The highest BCUT2D eigenvalue weighted by Gasteiger charge is 2.06. The van der Waals surface area contributed by atoms with Crippen LogP contribution in [-0.2, 0) is 11.4 Å². The van der Waals surface area contributed by atoms with Gasteiger partial charge in [0.25, 0.3) is 0 Å². The molecule has 0 fully saturated rings. The van der Waals surface area contributed by atoms with Crippen LogP contribution < -0.4 is 4.84 Å². The van der Waals surface area contributed by atoms with Crippen LogP contribution in [-0.4, -0.2) is 20.8 Å². The molecular weight excluding hydrogens is 172 g/mol. The van der Waals surface area contributed by atoms with Crippen molar-refractivity contribution < 1.29 is 14.7 Å². The van der Waals surface area contributed by atoms with E-state index < -0.39 is 0 Å². The number of aliphatic hydroxyl groups excluding tert-OH is 1. The summed E-state index contributed by atoms with van der Waals surface area (Å²) in [5.41, 5.74) is 0.462. The Labute approximate surface area is 75.9 Å². The second kappa shape index (κ2) is 4.61. The summed E-state index contributed by atoms with van der Waals surface area (Å²) in [7, 11) is 0. The zero-order chi connectivity index (χ0) is 9.68. The van der Waals surface area contributed by atoms with E-state index in [1.807, 2.05) is 6.92 Å². The second-order valence-electron chi connectivity index (χ2n) is 2.58. The first-order chi connectivity index (χ1) is 6.27. The molecule has 0 aliphatic rings. The van der Waals surface area contributed by atoms with Crippen LogP contribution in [0.2, 0.25) is 0 Å². The molecule has 0 amide bonds. The minimum Gasteiger partial charge on any atom is -0.390 e.